The second-order valence-electron chi connectivity index (χ2n) is 9.37. The van der Waals surface area contributed by atoms with Crippen molar-refractivity contribution in [2.24, 2.45) is 0 Å². The molecule has 0 radical (unpaired) electrons. The van der Waals surface area contributed by atoms with Crippen LogP contribution in [0.4, 0.5) is 5.69 Å². The Bertz CT molecular complexity index is 1290. The third-order valence-electron chi connectivity index (χ3n) is 6.32. The van der Waals surface area contributed by atoms with Gasteiger partial charge in [-0.3, -0.25) is 19.3 Å². The third-order valence-corrected chi connectivity index (χ3v) is 7.19. The third kappa shape index (κ3) is 7.29. The molecule has 0 saturated carbocycles. The minimum Gasteiger partial charge on any atom is -0.497 e. The molecule has 0 aliphatic rings. The molecule has 1 atom stereocenters. The van der Waals surface area contributed by atoms with Crippen LogP contribution in [0, 0.1) is 0 Å². The maximum atomic E-state index is 14.0. The van der Waals surface area contributed by atoms with Gasteiger partial charge in [0.25, 0.3) is 5.91 Å². The lowest BCUT2D eigenvalue weighted by molar-refractivity contribution is -0.127. The SMILES string of the molecule is CCC(C)(C)NC(=O)[C@@H](c1cccc(OC)c1)N(C(=O)CNC(=O)c1cccs1)c1ccc(OC)c(OC)c1. The Labute approximate surface area is 233 Å². The summed E-state index contributed by atoms with van der Waals surface area (Å²) in [5, 5.41) is 7.53. The standard InChI is InChI=1S/C29H35N3O6S/c1-7-29(2,3)31-28(35)26(19-10-8-11-21(16-19)36-4)32(20-13-14-22(37-5)23(17-20)38-6)25(33)18-30-27(34)24-12-9-15-39-24/h8-17,26H,7,18H2,1-6H3,(H,30,34)(H,31,35)/t26-/m1/s1. The quantitative estimate of drug-likeness (QED) is 0.340. The maximum Gasteiger partial charge on any atom is 0.261 e. The van der Waals surface area contributed by atoms with Gasteiger partial charge in [0.15, 0.2) is 11.5 Å². The van der Waals surface area contributed by atoms with Crippen molar-refractivity contribution in [2.45, 2.75) is 38.8 Å². The van der Waals surface area contributed by atoms with Crippen LogP contribution in [0.2, 0.25) is 0 Å². The Hall–Kier alpha value is -4.05. The number of methoxy groups -OCH3 is 3. The number of anilines is 1. The zero-order valence-electron chi connectivity index (χ0n) is 23.1. The molecule has 2 N–H and O–H groups in total. The number of benzene rings is 2. The van der Waals surface area contributed by atoms with Gasteiger partial charge in [-0.05, 0) is 61.5 Å². The molecule has 208 valence electrons. The number of hydrogen-bond donors (Lipinski definition) is 2. The van der Waals surface area contributed by atoms with Crippen molar-refractivity contribution < 1.29 is 28.6 Å². The number of ether oxygens (including phenoxy) is 3. The molecule has 3 amide bonds. The predicted molar refractivity (Wildman–Crippen MR) is 152 cm³/mol. The lowest BCUT2D eigenvalue weighted by atomic mass is 9.98. The van der Waals surface area contributed by atoms with Crippen LogP contribution in [-0.4, -0.2) is 51.1 Å². The highest BCUT2D eigenvalue weighted by atomic mass is 32.1. The van der Waals surface area contributed by atoms with Crippen LogP contribution in [0.5, 0.6) is 17.2 Å². The summed E-state index contributed by atoms with van der Waals surface area (Å²) < 4.78 is 16.3. The maximum absolute atomic E-state index is 14.0. The van der Waals surface area contributed by atoms with E-state index in [2.05, 4.69) is 10.6 Å². The van der Waals surface area contributed by atoms with Gasteiger partial charge in [0.2, 0.25) is 11.8 Å². The van der Waals surface area contributed by atoms with Gasteiger partial charge in [0.1, 0.15) is 11.8 Å². The van der Waals surface area contributed by atoms with Crippen LogP contribution < -0.4 is 29.7 Å². The second kappa shape index (κ2) is 13.1. The van der Waals surface area contributed by atoms with E-state index in [1.165, 1.54) is 37.6 Å². The molecule has 9 nitrogen and oxygen atoms in total. The number of carbonyl (C=O) groups excluding carboxylic acids is 3. The average molecular weight is 554 g/mol. The summed E-state index contributed by atoms with van der Waals surface area (Å²) >= 11 is 1.27. The monoisotopic (exact) mass is 553 g/mol. The highest BCUT2D eigenvalue weighted by Crippen LogP contribution is 2.36. The van der Waals surface area contributed by atoms with Gasteiger partial charge in [0.05, 0.1) is 32.8 Å². The Kier molecular flexibility index (Phi) is 9.95. The van der Waals surface area contributed by atoms with E-state index in [1.807, 2.05) is 20.8 Å². The van der Waals surface area contributed by atoms with E-state index in [0.29, 0.717) is 39.8 Å². The number of amides is 3. The summed E-state index contributed by atoms with van der Waals surface area (Å²) in [7, 11) is 4.54. The van der Waals surface area contributed by atoms with Crippen molar-refractivity contribution in [1.82, 2.24) is 10.6 Å². The zero-order valence-corrected chi connectivity index (χ0v) is 23.9. The summed E-state index contributed by atoms with van der Waals surface area (Å²) in [5.41, 5.74) is 0.389. The normalized spacial score (nSPS) is 11.7. The molecule has 0 aliphatic carbocycles. The average Bonchev–Trinajstić information content (AvgIpc) is 3.49. The van der Waals surface area contributed by atoms with E-state index in [-0.39, 0.29) is 18.4 Å². The first kappa shape index (κ1) is 29.5. The highest BCUT2D eigenvalue weighted by Gasteiger charge is 2.35. The first-order valence-electron chi connectivity index (χ1n) is 12.5. The molecular weight excluding hydrogens is 518 g/mol. The lowest BCUT2D eigenvalue weighted by Crippen LogP contribution is -2.52. The number of thiophene rings is 1. The van der Waals surface area contributed by atoms with Gasteiger partial charge in [-0.15, -0.1) is 11.3 Å². The first-order valence-corrected chi connectivity index (χ1v) is 13.3. The summed E-state index contributed by atoms with van der Waals surface area (Å²) in [6, 6.07) is 14.3. The van der Waals surface area contributed by atoms with Gasteiger partial charge in [0, 0.05) is 17.3 Å². The predicted octanol–water partition coefficient (Wildman–Crippen LogP) is 4.58. The molecule has 3 aromatic rings. The van der Waals surface area contributed by atoms with Gasteiger partial charge in [-0.2, -0.15) is 0 Å². The number of rotatable bonds is 12. The van der Waals surface area contributed by atoms with Crippen molar-refractivity contribution in [3.05, 3.63) is 70.4 Å². The fraction of sp³-hybridized carbons (Fsp3) is 0.345. The molecule has 39 heavy (non-hydrogen) atoms. The Morgan fingerprint density at radius 2 is 1.69 bits per heavy atom. The summed E-state index contributed by atoms with van der Waals surface area (Å²) in [5.74, 6) is 0.126. The van der Waals surface area contributed by atoms with Gasteiger partial charge >= 0.3 is 0 Å². The van der Waals surface area contributed by atoms with Gasteiger partial charge in [-0.25, -0.2) is 0 Å². The molecule has 10 heteroatoms. The summed E-state index contributed by atoms with van der Waals surface area (Å²) in [6.07, 6.45) is 0.671. The van der Waals surface area contributed by atoms with Crippen molar-refractivity contribution in [1.29, 1.82) is 0 Å². The second-order valence-corrected chi connectivity index (χ2v) is 10.3. The summed E-state index contributed by atoms with van der Waals surface area (Å²) in [6.45, 7) is 5.46. The molecule has 0 fully saturated rings. The van der Waals surface area contributed by atoms with Crippen molar-refractivity contribution >= 4 is 34.7 Å². The van der Waals surface area contributed by atoms with Crippen LogP contribution in [0.1, 0.15) is 48.5 Å². The number of carbonyl (C=O) groups is 3. The molecule has 0 unspecified atom stereocenters. The number of nitrogens with one attached hydrogen (secondary N) is 2. The summed E-state index contributed by atoms with van der Waals surface area (Å²) in [4.78, 5) is 42.3. The topological polar surface area (TPSA) is 106 Å². The molecule has 2 aromatic carbocycles. The van der Waals surface area contributed by atoms with E-state index in [1.54, 1.807) is 60.0 Å². The van der Waals surface area contributed by atoms with Crippen molar-refractivity contribution in [3.8, 4) is 17.2 Å². The molecule has 1 aromatic heterocycles. The smallest absolute Gasteiger partial charge is 0.261 e. The molecule has 3 rings (SSSR count). The largest absolute Gasteiger partial charge is 0.497 e. The van der Waals surface area contributed by atoms with Crippen LogP contribution in [0.25, 0.3) is 0 Å². The van der Waals surface area contributed by atoms with E-state index in [0.717, 1.165) is 0 Å². The Morgan fingerprint density at radius 3 is 2.31 bits per heavy atom. The minimum absolute atomic E-state index is 0.337. The van der Waals surface area contributed by atoms with Gasteiger partial charge < -0.3 is 24.8 Å². The Morgan fingerprint density at radius 1 is 0.949 bits per heavy atom. The molecule has 0 spiro atoms. The van der Waals surface area contributed by atoms with Crippen LogP contribution >= 0.6 is 11.3 Å². The highest BCUT2D eigenvalue weighted by molar-refractivity contribution is 7.12. The van der Waals surface area contributed by atoms with E-state index >= 15 is 0 Å². The Balaban J connectivity index is 2.13. The van der Waals surface area contributed by atoms with Gasteiger partial charge in [-0.1, -0.05) is 25.1 Å². The molecule has 0 saturated heterocycles. The fourth-order valence-electron chi connectivity index (χ4n) is 3.87. The molecule has 1 heterocycles. The lowest BCUT2D eigenvalue weighted by Gasteiger charge is -2.35. The van der Waals surface area contributed by atoms with Crippen LogP contribution in [0.15, 0.2) is 60.0 Å². The molecule has 0 aliphatic heterocycles. The van der Waals surface area contributed by atoms with Crippen LogP contribution in [-0.2, 0) is 9.59 Å². The number of nitrogens with zero attached hydrogens (tertiary/aromatic N) is 1. The minimum atomic E-state index is -1.09. The van der Waals surface area contributed by atoms with Crippen molar-refractivity contribution in [3.63, 3.8) is 0 Å². The van der Waals surface area contributed by atoms with E-state index in [4.69, 9.17) is 14.2 Å². The fourth-order valence-corrected chi connectivity index (χ4v) is 4.51. The molecular formula is C29H35N3O6S. The zero-order chi connectivity index (χ0) is 28.6. The number of hydrogen-bond acceptors (Lipinski definition) is 7. The van der Waals surface area contributed by atoms with E-state index in [9.17, 15) is 14.4 Å². The van der Waals surface area contributed by atoms with Crippen LogP contribution in [0.3, 0.4) is 0 Å². The van der Waals surface area contributed by atoms with Crippen molar-refractivity contribution in [2.75, 3.05) is 32.8 Å². The first-order chi connectivity index (χ1) is 18.6. The molecule has 0 bridgehead atoms. The van der Waals surface area contributed by atoms with E-state index < -0.39 is 17.5 Å².